The second-order valence-corrected chi connectivity index (χ2v) is 6.04. The minimum absolute atomic E-state index is 0.0450. The summed E-state index contributed by atoms with van der Waals surface area (Å²) in [6.07, 6.45) is 0. The van der Waals surface area contributed by atoms with Crippen LogP contribution in [0.2, 0.25) is 0 Å². The zero-order valence-corrected chi connectivity index (χ0v) is 13.8. The van der Waals surface area contributed by atoms with Gasteiger partial charge in [-0.05, 0) is 25.0 Å². The van der Waals surface area contributed by atoms with Crippen molar-refractivity contribution >= 4 is 11.7 Å². The quantitative estimate of drug-likeness (QED) is 0.910. The van der Waals surface area contributed by atoms with Crippen LogP contribution in [0.5, 0.6) is 5.75 Å². The lowest BCUT2D eigenvalue weighted by molar-refractivity contribution is 0.138. The number of anilines is 1. The standard InChI is InChI=1S/C17H27N3O2/c1-4-22-16-8-6-5-7-15(16)18-17(21)20-11-9-19(10-12-20)13-14(2)3/h5-8,14H,4,9-13H2,1-3H3,(H,18,21). The normalized spacial score (nSPS) is 15.9. The summed E-state index contributed by atoms with van der Waals surface area (Å²) in [5, 5.41) is 2.96. The van der Waals surface area contributed by atoms with Crippen LogP contribution in [0.1, 0.15) is 20.8 Å². The molecule has 0 aromatic heterocycles. The Balaban J connectivity index is 1.88. The van der Waals surface area contributed by atoms with Gasteiger partial charge in [-0.15, -0.1) is 0 Å². The Morgan fingerprint density at radius 3 is 2.55 bits per heavy atom. The van der Waals surface area contributed by atoms with E-state index < -0.39 is 0 Å². The third-order valence-electron chi connectivity index (χ3n) is 3.71. The molecule has 0 atom stereocenters. The van der Waals surface area contributed by atoms with Crippen LogP contribution in [0.15, 0.2) is 24.3 Å². The lowest BCUT2D eigenvalue weighted by Crippen LogP contribution is -2.50. The number of urea groups is 1. The molecule has 2 rings (SSSR count). The maximum absolute atomic E-state index is 12.4. The lowest BCUT2D eigenvalue weighted by Gasteiger charge is -2.35. The molecule has 5 nitrogen and oxygen atoms in total. The molecule has 0 unspecified atom stereocenters. The van der Waals surface area contributed by atoms with Gasteiger partial charge in [-0.1, -0.05) is 26.0 Å². The second kappa shape index (κ2) is 8.03. The van der Waals surface area contributed by atoms with Crippen LogP contribution in [0.4, 0.5) is 10.5 Å². The van der Waals surface area contributed by atoms with Gasteiger partial charge >= 0.3 is 6.03 Å². The van der Waals surface area contributed by atoms with Crippen molar-refractivity contribution in [1.82, 2.24) is 9.80 Å². The molecule has 22 heavy (non-hydrogen) atoms. The van der Waals surface area contributed by atoms with Crippen molar-refractivity contribution in [2.75, 3.05) is 44.6 Å². The minimum atomic E-state index is -0.0450. The molecule has 1 aromatic rings. The number of hydrogen-bond donors (Lipinski definition) is 1. The average molecular weight is 305 g/mol. The fourth-order valence-corrected chi connectivity index (χ4v) is 2.70. The Morgan fingerprint density at radius 2 is 1.91 bits per heavy atom. The van der Waals surface area contributed by atoms with Crippen molar-refractivity contribution in [2.45, 2.75) is 20.8 Å². The molecule has 122 valence electrons. The van der Waals surface area contributed by atoms with Crippen molar-refractivity contribution in [2.24, 2.45) is 5.92 Å². The summed E-state index contributed by atoms with van der Waals surface area (Å²) in [6.45, 7) is 11.5. The SMILES string of the molecule is CCOc1ccccc1NC(=O)N1CCN(CC(C)C)CC1. The summed E-state index contributed by atoms with van der Waals surface area (Å²) in [5.41, 5.74) is 0.735. The van der Waals surface area contributed by atoms with Crippen LogP contribution >= 0.6 is 0 Å². The van der Waals surface area contributed by atoms with E-state index >= 15 is 0 Å². The Kier molecular flexibility index (Phi) is 6.07. The summed E-state index contributed by atoms with van der Waals surface area (Å²) >= 11 is 0. The second-order valence-electron chi connectivity index (χ2n) is 6.04. The van der Waals surface area contributed by atoms with Gasteiger partial charge in [0, 0.05) is 32.7 Å². The van der Waals surface area contributed by atoms with Crippen LogP contribution in [0, 0.1) is 5.92 Å². The molecule has 1 aliphatic heterocycles. The predicted molar refractivity (Wildman–Crippen MR) is 89.5 cm³/mol. The fraction of sp³-hybridized carbons (Fsp3) is 0.588. The minimum Gasteiger partial charge on any atom is -0.492 e. The number of ether oxygens (including phenoxy) is 1. The van der Waals surface area contributed by atoms with E-state index in [2.05, 4.69) is 24.1 Å². The molecule has 1 aromatic carbocycles. The maximum atomic E-state index is 12.4. The molecule has 1 N–H and O–H groups in total. The summed E-state index contributed by atoms with van der Waals surface area (Å²) in [7, 11) is 0. The highest BCUT2D eigenvalue weighted by Gasteiger charge is 2.22. The zero-order valence-electron chi connectivity index (χ0n) is 13.8. The molecule has 0 bridgehead atoms. The largest absolute Gasteiger partial charge is 0.492 e. The predicted octanol–water partition coefficient (Wildman–Crippen LogP) is 2.89. The van der Waals surface area contributed by atoms with Gasteiger partial charge in [-0.3, -0.25) is 4.90 Å². The van der Waals surface area contributed by atoms with Crippen molar-refractivity contribution in [3.8, 4) is 5.75 Å². The van der Waals surface area contributed by atoms with E-state index in [0.717, 1.165) is 44.2 Å². The van der Waals surface area contributed by atoms with E-state index in [4.69, 9.17) is 4.74 Å². The van der Waals surface area contributed by atoms with Gasteiger partial charge in [-0.2, -0.15) is 0 Å². The number of nitrogens with zero attached hydrogens (tertiary/aromatic N) is 2. The van der Waals surface area contributed by atoms with Crippen molar-refractivity contribution in [3.63, 3.8) is 0 Å². The van der Waals surface area contributed by atoms with Crippen molar-refractivity contribution in [3.05, 3.63) is 24.3 Å². The number of carbonyl (C=O) groups excluding carboxylic acids is 1. The average Bonchev–Trinajstić information content (AvgIpc) is 2.49. The summed E-state index contributed by atoms with van der Waals surface area (Å²) in [4.78, 5) is 16.7. The highest BCUT2D eigenvalue weighted by molar-refractivity contribution is 5.91. The van der Waals surface area contributed by atoms with Gasteiger partial charge in [0.2, 0.25) is 0 Å². The molecule has 0 aliphatic carbocycles. The summed E-state index contributed by atoms with van der Waals surface area (Å²) < 4.78 is 5.54. The molecule has 2 amide bonds. The Hall–Kier alpha value is -1.75. The van der Waals surface area contributed by atoms with Gasteiger partial charge in [0.25, 0.3) is 0 Å². The van der Waals surface area contributed by atoms with E-state index in [0.29, 0.717) is 12.5 Å². The van der Waals surface area contributed by atoms with E-state index in [9.17, 15) is 4.79 Å². The number of para-hydroxylation sites is 2. The maximum Gasteiger partial charge on any atom is 0.322 e. The molecule has 5 heteroatoms. The lowest BCUT2D eigenvalue weighted by atomic mass is 10.2. The molecule has 1 heterocycles. The topological polar surface area (TPSA) is 44.8 Å². The molecule has 1 fully saturated rings. The van der Waals surface area contributed by atoms with Crippen LogP contribution in [0.25, 0.3) is 0 Å². The van der Waals surface area contributed by atoms with Crippen LogP contribution in [-0.4, -0.2) is 55.2 Å². The number of hydrogen-bond acceptors (Lipinski definition) is 3. The van der Waals surface area contributed by atoms with Gasteiger partial charge in [0.15, 0.2) is 0 Å². The van der Waals surface area contributed by atoms with Crippen LogP contribution < -0.4 is 10.1 Å². The first-order valence-electron chi connectivity index (χ1n) is 8.10. The third kappa shape index (κ3) is 4.63. The highest BCUT2D eigenvalue weighted by Crippen LogP contribution is 2.24. The number of amides is 2. The third-order valence-corrected chi connectivity index (χ3v) is 3.71. The Bertz CT molecular complexity index is 483. The first-order valence-corrected chi connectivity index (χ1v) is 8.10. The Morgan fingerprint density at radius 1 is 1.23 bits per heavy atom. The molecular formula is C17H27N3O2. The summed E-state index contributed by atoms with van der Waals surface area (Å²) in [6, 6.07) is 7.51. The van der Waals surface area contributed by atoms with Gasteiger partial charge in [-0.25, -0.2) is 4.79 Å². The highest BCUT2D eigenvalue weighted by atomic mass is 16.5. The van der Waals surface area contributed by atoms with Crippen LogP contribution in [0.3, 0.4) is 0 Å². The van der Waals surface area contributed by atoms with Crippen LogP contribution in [-0.2, 0) is 0 Å². The number of rotatable bonds is 5. The molecule has 0 radical (unpaired) electrons. The number of piperazine rings is 1. The van der Waals surface area contributed by atoms with E-state index in [-0.39, 0.29) is 6.03 Å². The number of carbonyl (C=O) groups is 1. The van der Waals surface area contributed by atoms with E-state index in [1.807, 2.05) is 36.1 Å². The van der Waals surface area contributed by atoms with Crippen molar-refractivity contribution < 1.29 is 9.53 Å². The molecular weight excluding hydrogens is 278 g/mol. The molecule has 0 saturated carbocycles. The smallest absolute Gasteiger partial charge is 0.322 e. The molecule has 1 saturated heterocycles. The van der Waals surface area contributed by atoms with E-state index in [1.54, 1.807) is 0 Å². The van der Waals surface area contributed by atoms with Gasteiger partial charge < -0.3 is 15.0 Å². The molecule has 0 spiro atoms. The fourth-order valence-electron chi connectivity index (χ4n) is 2.70. The number of benzene rings is 1. The van der Waals surface area contributed by atoms with Crippen molar-refractivity contribution in [1.29, 1.82) is 0 Å². The molecule has 1 aliphatic rings. The summed E-state index contributed by atoms with van der Waals surface area (Å²) in [5.74, 6) is 1.38. The van der Waals surface area contributed by atoms with E-state index in [1.165, 1.54) is 0 Å². The van der Waals surface area contributed by atoms with Gasteiger partial charge in [0.1, 0.15) is 5.75 Å². The Labute approximate surface area is 133 Å². The zero-order chi connectivity index (χ0) is 15.9. The first kappa shape index (κ1) is 16.6. The first-order chi connectivity index (χ1) is 10.6. The number of nitrogens with one attached hydrogen (secondary N) is 1. The van der Waals surface area contributed by atoms with Gasteiger partial charge in [0.05, 0.1) is 12.3 Å². The monoisotopic (exact) mass is 305 g/mol.